The van der Waals surface area contributed by atoms with Crippen LogP contribution in [0.25, 0.3) is 0 Å². The molecule has 0 atom stereocenters. The van der Waals surface area contributed by atoms with Crippen LogP contribution in [0.1, 0.15) is 10.4 Å². The second kappa shape index (κ2) is 9.54. The van der Waals surface area contributed by atoms with Crippen molar-refractivity contribution in [1.82, 2.24) is 10.6 Å². The van der Waals surface area contributed by atoms with Crippen molar-refractivity contribution in [2.24, 2.45) is 0 Å². The number of rotatable bonds is 7. The zero-order valence-electron chi connectivity index (χ0n) is 12.4. The van der Waals surface area contributed by atoms with E-state index >= 15 is 0 Å². The van der Waals surface area contributed by atoms with Crippen LogP contribution in [0.3, 0.4) is 0 Å². The second-order valence-electron chi connectivity index (χ2n) is 4.35. The van der Waals surface area contributed by atoms with Crippen LogP contribution in [0.4, 0.5) is 11.4 Å². The molecule has 0 saturated heterocycles. The Morgan fingerprint density at radius 1 is 1.00 bits per heavy atom. The van der Waals surface area contributed by atoms with Crippen molar-refractivity contribution in [1.29, 1.82) is 0 Å². The van der Waals surface area contributed by atoms with Gasteiger partial charge in [-0.1, -0.05) is 12.2 Å². The maximum atomic E-state index is 11.2. The number of carboxylic acids is 1. The van der Waals surface area contributed by atoms with Crippen LogP contribution in [-0.2, 0) is 0 Å². The minimum Gasteiger partial charge on any atom is -0.478 e. The Morgan fingerprint density at radius 2 is 1.43 bits per heavy atom. The van der Waals surface area contributed by atoms with Gasteiger partial charge in [0.25, 0.3) is 0 Å². The van der Waals surface area contributed by atoms with Gasteiger partial charge >= 0.3 is 5.97 Å². The molecule has 1 rings (SSSR count). The molecule has 0 aliphatic rings. The lowest BCUT2D eigenvalue weighted by Crippen LogP contribution is -2.29. The fourth-order valence-corrected chi connectivity index (χ4v) is 1.98. The first kappa shape index (κ1) is 18.6. The van der Waals surface area contributed by atoms with Crippen molar-refractivity contribution >= 4 is 52.0 Å². The van der Waals surface area contributed by atoms with Crippen molar-refractivity contribution in [3.8, 4) is 0 Å². The topological polar surface area (TPSA) is 85.4 Å². The summed E-state index contributed by atoms with van der Waals surface area (Å²) < 4.78 is 0. The predicted octanol–water partition coefficient (Wildman–Crippen LogP) is 2.33. The average molecular weight is 350 g/mol. The highest BCUT2D eigenvalue weighted by molar-refractivity contribution is 7.80. The van der Waals surface area contributed by atoms with E-state index in [0.717, 1.165) is 0 Å². The molecule has 122 valence electrons. The van der Waals surface area contributed by atoms with Gasteiger partial charge in [-0.2, -0.15) is 0 Å². The first-order valence-corrected chi connectivity index (χ1v) is 7.47. The maximum absolute atomic E-state index is 11.2. The van der Waals surface area contributed by atoms with Crippen LogP contribution in [0.5, 0.6) is 0 Å². The molecule has 6 nitrogen and oxygen atoms in total. The van der Waals surface area contributed by atoms with Gasteiger partial charge in [-0.25, -0.2) is 4.79 Å². The average Bonchev–Trinajstić information content (AvgIpc) is 2.50. The largest absolute Gasteiger partial charge is 0.478 e. The number of anilines is 2. The lowest BCUT2D eigenvalue weighted by atomic mass is 10.1. The van der Waals surface area contributed by atoms with Crippen molar-refractivity contribution < 1.29 is 9.90 Å². The molecule has 0 heterocycles. The van der Waals surface area contributed by atoms with Gasteiger partial charge in [0, 0.05) is 24.5 Å². The SMILES string of the molecule is C=CCNC(=S)Nc1cc(NC(=S)NCC=C)cc(C(=O)O)c1. The predicted molar refractivity (Wildman–Crippen MR) is 102 cm³/mol. The third-order valence-corrected chi connectivity index (χ3v) is 3.00. The fraction of sp³-hybridized carbons (Fsp3) is 0.133. The number of benzene rings is 1. The summed E-state index contributed by atoms with van der Waals surface area (Å²) in [5, 5.41) is 21.6. The van der Waals surface area contributed by atoms with Crippen LogP contribution in [-0.4, -0.2) is 34.4 Å². The lowest BCUT2D eigenvalue weighted by molar-refractivity contribution is 0.0697. The van der Waals surface area contributed by atoms with E-state index in [1.54, 1.807) is 18.2 Å². The quantitative estimate of drug-likeness (QED) is 0.378. The van der Waals surface area contributed by atoms with Gasteiger partial charge in [0.15, 0.2) is 10.2 Å². The summed E-state index contributed by atoms with van der Waals surface area (Å²) in [6, 6.07) is 4.67. The van der Waals surface area contributed by atoms with Crippen LogP contribution >= 0.6 is 24.4 Å². The maximum Gasteiger partial charge on any atom is 0.335 e. The normalized spacial score (nSPS) is 9.39. The summed E-state index contributed by atoms with van der Waals surface area (Å²) >= 11 is 10.2. The van der Waals surface area contributed by atoms with E-state index in [4.69, 9.17) is 24.4 Å². The molecule has 0 radical (unpaired) electrons. The molecule has 0 spiro atoms. The molecule has 0 fully saturated rings. The number of carboxylic acid groups (broad SMARTS) is 1. The van der Waals surface area contributed by atoms with E-state index in [0.29, 0.717) is 34.7 Å². The fourth-order valence-electron chi connectivity index (χ4n) is 1.58. The Morgan fingerprint density at radius 3 is 1.78 bits per heavy atom. The number of hydrogen-bond donors (Lipinski definition) is 5. The van der Waals surface area contributed by atoms with Gasteiger partial charge in [-0.15, -0.1) is 13.2 Å². The molecule has 0 aromatic heterocycles. The Hall–Kier alpha value is -2.45. The summed E-state index contributed by atoms with van der Waals surface area (Å²) in [6.07, 6.45) is 3.33. The van der Waals surface area contributed by atoms with Crippen LogP contribution in [0.2, 0.25) is 0 Å². The molecular formula is C15H18N4O2S2. The van der Waals surface area contributed by atoms with E-state index in [9.17, 15) is 9.90 Å². The van der Waals surface area contributed by atoms with Gasteiger partial charge in [0.1, 0.15) is 0 Å². The monoisotopic (exact) mass is 350 g/mol. The highest BCUT2D eigenvalue weighted by Gasteiger charge is 2.09. The third-order valence-electron chi connectivity index (χ3n) is 2.51. The number of hydrogen-bond acceptors (Lipinski definition) is 3. The highest BCUT2D eigenvalue weighted by Crippen LogP contribution is 2.19. The Bertz CT molecular complexity index is 588. The van der Waals surface area contributed by atoms with Gasteiger partial charge < -0.3 is 26.4 Å². The van der Waals surface area contributed by atoms with E-state index in [1.165, 1.54) is 12.1 Å². The number of nitrogens with one attached hydrogen (secondary N) is 4. The van der Waals surface area contributed by atoms with Crippen LogP contribution in [0, 0.1) is 0 Å². The summed E-state index contributed by atoms with van der Waals surface area (Å²) in [4.78, 5) is 11.2. The zero-order chi connectivity index (χ0) is 17.2. The highest BCUT2D eigenvalue weighted by atomic mass is 32.1. The molecule has 0 aliphatic heterocycles. The smallest absolute Gasteiger partial charge is 0.335 e. The number of aromatic carboxylic acids is 1. The van der Waals surface area contributed by atoms with Crippen molar-refractivity contribution in [2.45, 2.75) is 0 Å². The van der Waals surface area contributed by atoms with Crippen molar-refractivity contribution in [3.63, 3.8) is 0 Å². The van der Waals surface area contributed by atoms with E-state index < -0.39 is 5.97 Å². The molecule has 1 aromatic rings. The molecule has 0 amide bonds. The van der Waals surface area contributed by atoms with Gasteiger partial charge in [0.05, 0.1) is 5.56 Å². The molecule has 23 heavy (non-hydrogen) atoms. The summed E-state index contributed by atoms with van der Waals surface area (Å²) in [6.45, 7) is 8.17. The molecule has 0 unspecified atom stereocenters. The first-order chi connectivity index (χ1) is 11.0. The first-order valence-electron chi connectivity index (χ1n) is 6.66. The van der Waals surface area contributed by atoms with Crippen molar-refractivity contribution in [3.05, 3.63) is 49.1 Å². The number of carbonyl (C=O) groups is 1. The summed E-state index contributed by atoms with van der Waals surface area (Å²) in [5.74, 6) is -1.05. The molecule has 0 saturated carbocycles. The van der Waals surface area contributed by atoms with Gasteiger partial charge in [-0.05, 0) is 42.6 Å². The van der Waals surface area contributed by atoms with E-state index in [-0.39, 0.29) is 5.56 Å². The van der Waals surface area contributed by atoms with E-state index in [1.807, 2.05) is 0 Å². The van der Waals surface area contributed by atoms with Crippen LogP contribution < -0.4 is 21.3 Å². The Balaban J connectivity index is 2.91. The van der Waals surface area contributed by atoms with Crippen LogP contribution in [0.15, 0.2) is 43.5 Å². The number of thiocarbonyl (C=S) groups is 2. The summed E-state index contributed by atoms with van der Waals surface area (Å²) in [5.41, 5.74) is 1.16. The minimum atomic E-state index is -1.05. The molecular weight excluding hydrogens is 332 g/mol. The van der Waals surface area contributed by atoms with E-state index in [2.05, 4.69) is 34.4 Å². The standard InChI is InChI=1S/C15H18N4O2S2/c1-3-5-16-14(22)18-11-7-10(13(20)21)8-12(9-11)19-15(23)17-6-4-2/h3-4,7-9H,1-2,5-6H2,(H,20,21)(H2,16,18,22)(H2,17,19,23). The lowest BCUT2D eigenvalue weighted by Gasteiger charge is -2.14. The third kappa shape index (κ3) is 6.90. The molecule has 5 N–H and O–H groups in total. The van der Waals surface area contributed by atoms with Crippen molar-refractivity contribution in [2.75, 3.05) is 23.7 Å². The molecule has 0 bridgehead atoms. The minimum absolute atomic E-state index is 0.107. The molecule has 8 heteroatoms. The summed E-state index contributed by atoms with van der Waals surface area (Å²) in [7, 11) is 0. The Labute approximate surface area is 145 Å². The molecule has 0 aliphatic carbocycles. The second-order valence-corrected chi connectivity index (χ2v) is 5.17. The van der Waals surface area contributed by atoms with Gasteiger partial charge in [-0.3, -0.25) is 0 Å². The molecule has 1 aromatic carbocycles. The van der Waals surface area contributed by atoms with Gasteiger partial charge in [0.2, 0.25) is 0 Å². The Kier molecular flexibility index (Phi) is 7.72. The zero-order valence-corrected chi connectivity index (χ0v) is 14.0.